The fourth-order valence-corrected chi connectivity index (χ4v) is 4.29. The van der Waals surface area contributed by atoms with Crippen LogP contribution in [0.15, 0.2) is 30.6 Å². The molecule has 0 amide bonds. The molecule has 10 heteroatoms. The largest absolute Gasteiger partial charge is 0.461 e. The Bertz CT molecular complexity index is 1000. The Hall–Kier alpha value is -2.20. The molecule has 0 N–H and O–H groups in total. The zero-order valence-electron chi connectivity index (χ0n) is 15.4. The minimum absolute atomic E-state index is 0.00211. The summed E-state index contributed by atoms with van der Waals surface area (Å²) < 4.78 is 30.5. The van der Waals surface area contributed by atoms with Crippen molar-refractivity contribution < 1.29 is 28.5 Å². The van der Waals surface area contributed by atoms with Gasteiger partial charge < -0.3 is 28.3 Å². The van der Waals surface area contributed by atoms with Crippen LogP contribution in [0, 0.1) is 0 Å². The predicted molar refractivity (Wildman–Crippen MR) is 95.0 cm³/mol. The zero-order chi connectivity index (χ0) is 19.7. The zero-order valence-corrected chi connectivity index (χ0v) is 16.2. The number of hydrogen-bond donors (Lipinski definition) is 0. The van der Waals surface area contributed by atoms with Crippen molar-refractivity contribution in [1.82, 2.24) is 14.5 Å². The van der Waals surface area contributed by atoms with Gasteiger partial charge in [0.15, 0.2) is 18.1 Å². The summed E-state index contributed by atoms with van der Waals surface area (Å²) in [6, 6.07) is 1.80. The van der Waals surface area contributed by atoms with Gasteiger partial charge in [-0.3, -0.25) is 4.79 Å². The highest BCUT2D eigenvalue weighted by molar-refractivity contribution is 6.33. The first kappa shape index (κ1) is 17.9. The van der Waals surface area contributed by atoms with E-state index in [9.17, 15) is 4.79 Å². The highest BCUT2D eigenvalue weighted by Crippen LogP contribution is 2.51. The van der Waals surface area contributed by atoms with Gasteiger partial charge in [-0.15, -0.1) is 0 Å². The van der Waals surface area contributed by atoms with Crippen LogP contribution in [0.4, 0.5) is 0 Å². The van der Waals surface area contributed by atoms with Crippen LogP contribution in [0.2, 0.25) is 5.15 Å². The molecule has 0 unspecified atom stereocenters. The third kappa shape index (κ3) is 2.47. The van der Waals surface area contributed by atoms with Gasteiger partial charge in [0.05, 0.1) is 5.39 Å². The molecule has 4 atom stereocenters. The molecule has 9 nitrogen and oxygen atoms in total. The molecular weight excluding hydrogens is 390 g/mol. The number of fused-ring (bicyclic) bond motifs is 2. The Labute approximate surface area is 165 Å². The highest BCUT2D eigenvalue weighted by atomic mass is 35.5. The van der Waals surface area contributed by atoms with Crippen molar-refractivity contribution in [3.63, 3.8) is 0 Å². The molecule has 5 rings (SSSR count). The number of ketones is 1. The molecule has 3 aliphatic rings. The predicted octanol–water partition coefficient (Wildman–Crippen LogP) is 2.31. The van der Waals surface area contributed by atoms with E-state index in [-0.39, 0.29) is 18.3 Å². The fraction of sp³-hybridized carbons (Fsp3) is 0.500. The van der Waals surface area contributed by atoms with Crippen molar-refractivity contribution in [2.75, 3.05) is 6.79 Å². The maximum absolute atomic E-state index is 13.0. The summed E-state index contributed by atoms with van der Waals surface area (Å²) >= 11 is 6.17. The maximum atomic E-state index is 13.0. The normalized spacial score (nSPS) is 33.4. The summed E-state index contributed by atoms with van der Waals surface area (Å²) in [5.41, 5.74) is -0.459. The molecular formula is C18H18ClN3O6. The number of carbonyl (C=O) groups excluding carboxylic acids is 1. The lowest BCUT2D eigenvalue weighted by Gasteiger charge is -2.28. The Kier molecular flexibility index (Phi) is 3.76. The summed E-state index contributed by atoms with van der Waals surface area (Å²) in [4.78, 5) is 21.4. The molecule has 3 aliphatic heterocycles. The molecule has 0 aliphatic carbocycles. The van der Waals surface area contributed by atoms with E-state index in [2.05, 4.69) is 9.97 Å². The Morgan fingerprint density at radius 2 is 2.14 bits per heavy atom. The number of aromatic nitrogens is 3. The summed E-state index contributed by atoms with van der Waals surface area (Å²) in [5.74, 6) is -1.16. The Morgan fingerprint density at radius 1 is 1.32 bits per heavy atom. The van der Waals surface area contributed by atoms with Crippen LogP contribution >= 0.6 is 11.6 Å². The number of carbonyl (C=O) groups is 1. The van der Waals surface area contributed by atoms with E-state index in [4.69, 9.17) is 35.3 Å². The van der Waals surface area contributed by atoms with Crippen LogP contribution in [0.5, 0.6) is 0 Å². The van der Waals surface area contributed by atoms with E-state index in [1.54, 1.807) is 37.6 Å². The smallest absolute Gasteiger partial charge is 0.232 e. The van der Waals surface area contributed by atoms with Gasteiger partial charge >= 0.3 is 0 Å². The van der Waals surface area contributed by atoms with E-state index in [0.29, 0.717) is 16.2 Å². The number of halogens is 1. The van der Waals surface area contributed by atoms with Gasteiger partial charge in [-0.2, -0.15) is 0 Å². The van der Waals surface area contributed by atoms with Crippen LogP contribution in [-0.4, -0.2) is 50.7 Å². The quantitative estimate of drug-likeness (QED) is 0.715. The first-order valence-electron chi connectivity index (χ1n) is 8.79. The van der Waals surface area contributed by atoms with Crippen molar-refractivity contribution in [3.8, 4) is 0 Å². The number of hydrogen-bond acceptors (Lipinski definition) is 8. The van der Waals surface area contributed by atoms with E-state index in [1.807, 2.05) is 0 Å². The van der Waals surface area contributed by atoms with Gasteiger partial charge in [0.1, 0.15) is 35.1 Å². The number of rotatable bonds is 3. The minimum atomic E-state index is -1.04. The minimum Gasteiger partial charge on any atom is -0.461 e. The van der Waals surface area contributed by atoms with Gasteiger partial charge in [0, 0.05) is 6.20 Å². The molecule has 2 aromatic heterocycles. The van der Waals surface area contributed by atoms with Crippen LogP contribution < -0.4 is 0 Å². The molecule has 0 bridgehead atoms. The van der Waals surface area contributed by atoms with Crippen molar-refractivity contribution in [3.05, 3.63) is 35.8 Å². The van der Waals surface area contributed by atoms with E-state index < -0.39 is 29.8 Å². The monoisotopic (exact) mass is 407 g/mol. The standard InChI is InChI=1S/C18H18ClN3O6/c1-17(2)27-13-16(22-5-4-9-14(19)20-7-21-15(9)22)26-12(18(13,3)28-17)11(23)10-6-24-8-25-10/h4-7,12-13,16H,8H2,1-3H3/t12-,13+,16-,18-/m1/s1. The number of ether oxygens (including phenoxy) is 5. The lowest BCUT2D eigenvalue weighted by Crippen LogP contribution is -2.47. The van der Waals surface area contributed by atoms with Gasteiger partial charge in [-0.1, -0.05) is 11.6 Å². The molecule has 148 valence electrons. The van der Waals surface area contributed by atoms with Crippen LogP contribution in [0.1, 0.15) is 27.0 Å². The molecule has 2 fully saturated rings. The molecule has 5 heterocycles. The van der Waals surface area contributed by atoms with Crippen molar-refractivity contribution in [2.24, 2.45) is 0 Å². The Balaban J connectivity index is 1.59. The SMILES string of the molecule is CC1(C)O[C@H]2[C@H](n3ccc4c(Cl)ncnc43)O[C@H](C(=O)C3=COCO3)[C@@]2(C)O1. The number of Topliss-reactive ketones (excluding diaryl/α,β-unsaturated/α-hetero) is 1. The molecule has 0 aromatic carbocycles. The molecule has 2 saturated heterocycles. The van der Waals surface area contributed by atoms with Gasteiger partial charge in [0.2, 0.25) is 18.3 Å². The van der Waals surface area contributed by atoms with Crippen LogP contribution in [0.3, 0.4) is 0 Å². The second-order valence-corrected chi connectivity index (χ2v) is 7.89. The topological polar surface area (TPSA) is 93.9 Å². The average Bonchev–Trinajstić information content (AvgIpc) is 3.37. The highest BCUT2D eigenvalue weighted by Gasteiger charge is 2.66. The van der Waals surface area contributed by atoms with Crippen molar-refractivity contribution >= 4 is 28.4 Å². The van der Waals surface area contributed by atoms with Gasteiger partial charge in [-0.05, 0) is 26.8 Å². The van der Waals surface area contributed by atoms with E-state index >= 15 is 0 Å². The third-order valence-corrected chi connectivity index (χ3v) is 5.49. The van der Waals surface area contributed by atoms with Crippen molar-refractivity contribution in [1.29, 1.82) is 0 Å². The summed E-state index contributed by atoms with van der Waals surface area (Å²) in [7, 11) is 0. The first-order chi connectivity index (χ1) is 13.3. The molecule has 0 saturated carbocycles. The van der Waals surface area contributed by atoms with Gasteiger partial charge in [-0.25, -0.2) is 9.97 Å². The molecule has 28 heavy (non-hydrogen) atoms. The molecule has 0 radical (unpaired) electrons. The van der Waals surface area contributed by atoms with E-state index in [0.717, 1.165) is 0 Å². The van der Waals surface area contributed by atoms with Crippen LogP contribution in [-0.2, 0) is 28.5 Å². The second kappa shape index (κ2) is 5.90. The maximum Gasteiger partial charge on any atom is 0.232 e. The average molecular weight is 408 g/mol. The van der Waals surface area contributed by atoms with E-state index in [1.165, 1.54) is 12.6 Å². The lowest BCUT2D eigenvalue weighted by molar-refractivity contribution is -0.209. The second-order valence-electron chi connectivity index (χ2n) is 7.53. The summed E-state index contributed by atoms with van der Waals surface area (Å²) in [6.07, 6.45) is 2.27. The molecule has 2 aromatic rings. The summed E-state index contributed by atoms with van der Waals surface area (Å²) in [5, 5.41) is 1.01. The van der Waals surface area contributed by atoms with Crippen LogP contribution in [0.25, 0.3) is 11.0 Å². The van der Waals surface area contributed by atoms with Gasteiger partial charge in [0.25, 0.3) is 0 Å². The van der Waals surface area contributed by atoms with Crippen molar-refractivity contribution in [2.45, 2.75) is 50.6 Å². The third-order valence-electron chi connectivity index (χ3n) is 5.19. The molecule has 0 spiro atoms. The lowest BCUT2D eigenvalue weighted by atomic mass is 9.91. The summed E-state index contributed by atoms with van der Waals surface area (Å²) in [6.45, 7) is 5.41. The first-order valence-corrected chi connectivity index (χ1v) is 9.17. The number of nitrogens with zero attached hydrogens (tertiary/aromatic N) is 3. The fourth-order valence-electron chi connectivity index (χ4n) is 4.10. The Morgan fingerprint density at radius 3 is 2.89 bits per heavy atom.